The highest BCUT2D eigenvalue weighted by atomic mass is 16.6. The summed E-state index contributed by atoms with van der Waals surface area (Å²) in [5, 5.41) is 19.7. The molecule has 0 radical (unpaired) electrons. The summed E-state index contributed by atoms with van der Waals surface area (Å²) < 4.78 is 10.6. The average Bonchev–Trinajstić information content (AvgIpc) is 2.42. The van der Waals surface area contributed by atoms with E-state index in [2.05, 4.69) is 0 Å². The molecule has 0 bridgehead atoms. The number of carbonyl (C=O) groups is 1. The minimum Gasteiger partial charge on any atom is -0.460 e. The molecule has 1 aromatic rings. The van der Waals surface area contributed by atoms with Crippen molar-refractivity contribution in [1.82, 2.24) is 0 Å². The van der Waals surface area contributed by atoms with Crippen LogP contribution in [0.5, 0.6) is 0 Å². The number of hydrogen-bond donors (Lipinski definition) is 2. The van der Waals surface area contributed by atoms with Crippen molar-refractivity contribution in [3.8, 4) is 0 Å². The first-order valence-electron chi connectivity index (χ1n) is 7.96. The van der Waals surface area contributed by atoms with E-state index in [0.29, 0.717) is 19.6 Å². The summed E-state index contributed by atoms with van der Waals surface area (Å²) in [4.78, 5) is 11.6. The number of esters is 1. The van der Waals surface area contributed by atoms with Crippen LogP contribution < -0.4 is 0 Å². The standard InChI is InChI=1S/C18H28O5/c1-18(2,3)23-17(21)12-16(20)11-15(19)9-10-22-13-14-7-5-4-6-8-14/h4-8,15-16,19-20H,9-13H2,1-3H3/t15?,16-/m1/s1. The first-order chi connectivity index (χ1) is 10.8. The maximum absolute atomic E-state index is 11.6. The van der Waals surface area contributed by atoms with Crippen LogP contribution in [0.25, 0.3) is 0 Å². The molecule has 1 aromatic carbocycles. The molecule has 1 unspecified atom stereocenters. The largest absolute Gasteiger partial charge is 0.460 e. The van der Waals surface area contributed by atoms with Crippen molar-refractivity contribution in [2.24, 2.45) is 0 Å². The zero-order valence-electron chi connectivity index (χ0n) is 14.2. The molecule has 0 spiro atoms. The van der Waals surface area contributed by atoms with Crippen LogP contribution in [0.15, 0.2) is 30.3 Å². The number of benzene rings is 1. The Hall–Kier alpha value is -1.43. The van der Waals surface area contributed by atoms with Gasteiger partial charge in [0, 0.05) is 6.61 Å². The van der Waals surface area contributed by atoms with Gasteiger partial charge in [-0.1, -0.05) is 30.3 Å². The minimum atomic E-state index is -0.908. The molecule has 2 atom stereocenters. The Morgan fingerprint density at radius 1 is 1.13 bits per heavy atom. The van der Waals surface area contributed by atoms with Crippen LogP contribution >= 0.6 is 0 Å². The summed E-state index contributed by atoms with van der Waals surface area (Å²) in [5.41, 5.74) is 0.507. The molecule has 0 aromatic heterocycles. The van der Waals surface area contributed by atoms with Gasteiger partial charge in [-0.2, -0.15) is 0 Å². The van der Waals surface area contributed by atoms with Crippen molar-refractivity contribution >= 4 is 5.97 Å². The van der Waals surface area contributed by atoms with Crippen molar-refractivity contribution < 1.29 is 24.5 Å². The fourth-order valence-electron chi connectivity index (χ4n) is 2.07. The van der Waals surface area contributed by atoms with Gasteiger partial charge in [-0.25, -0.2) is 0 Å². The lowest BCUT2D eigenvalue weighted by atomic mass is 10.1. The van der Waals surface area contributed by atoms with Crippen molar-refractivity contribution in [2.45, 2.75) is 64.4 Å². The molecule has 0 aliphatic heterocycles. The predicted molar refractivity (Wildman–Crippen MR) is 87.8 cm³/mol. The van der Waals surface area contributed by atoms with Gasteiger partial charge < -0.3 is 19.7 Å². The van der Waals surface area contributed by atoms with E-state index in [1.54, 1.807) is 20.8 Å². The normalized spacial score (nSPS) is 14.3. The fourth-order valence-corrected chi connectivity index (χ4v) is 2.07. The molecule has 5 heteroatoms. The summed E-state index contributed by atoms with van der Waals surface area (Å²) in [5.74, 6) is -0.461. The molecular weight excluding hydrogens is 296 g/mol. The average molecular weight is 324 g/mol. The van der Waals surface area contributed by atoms with E-state index < -0.39 is 23.8 Å². The molecule has 2 N–H and O–H groups in total. The molecular formula is C18H28O5. The second-order valence-electron chi connectivity index (χ2n) is 6.66. The molecule has 130 valence electrons. The van der Waals surface area contributed by atoms with E-state index in [1.165, 1.54) is 0 Å². The molecule has 0 saturated heterocycles. The third-order valence-electron chi connectivity index (χ3n) is 3.07. The summed E-state index contributed by atoms with van der Waals surface area (Å²) in [6.07, 6.45) is -1.18. The van der Waals surface area contributed by atoms with Crippen molar-refractivity contribution in [2.75, 3.05) is 6.61 Å². The van der Waals surface area contributed by atoms with Gasteiger partial charge in [0.25, 0.3) is 0 Å². The lowest BCUT2D eigenvalue weighted by molar-refractivity contribution is -0.157. The van der Waals surface area contributed by atoms with Gasteiger partial charge >= 0.3 is 5.97 Å². The van der Waals surface area contributed by atoms with Crippen LogP contribution in [-0.2, 0) is 20.9 Å². The van der Waals surface area contributed by atoms with Gasteiger partial charge in [-0.3, -0.25) is 4.79 Å². The Morgan fingerprint density at radius 2 is 1.78 bits per heavy atom. The maximum Gasteiger partial charge on any atom is 0.308 e. The molecule has 5 nitrogen and oxygen atoms in total. The molecule has 0 aliphatic carbocycles. The number of carbonyl (C=O) groups excluding carboxylic acids is 1. The lowest BCUT2D eigenvalue weighted by Crippen LogP contribution is -2.28. The number of aliphatic hydroxyl groups is 2. The van der Waals surface area contributed by atoms with E-state index in [-0.39, 0.29) is 12.8 Å². The summed E-state index contributed by atoms with van der Waals surface area (Å²) in [6.45, 7) is 6.21. The third-order valence-corrected chi connectivity index (χ3v) is 3.07. The van der Waals surface area contributed by atoms with E-state index in [4.69, 9.17) is 9.47 Å². The zero-order valence-corrected chi connectivity index (χ0v) is 14.2. The van der Waals surface area contributed by atoms with Gasteiger partial charge in [-0.05, 0) is 39.2 Å². The fraction of sp³-hybridized carbons (Fsp3) is 0.611. The third kappa shape index (κ3) is 10.0. The van der Waals surface area contributed by atoms with E-state index in [9.17, 15) is 15.0 Å². The minimum absolute atomic E-state index is 0.112. The van der Waals surface area contributed by atoms with Crippen LogP contribution in [-0.4, -0.2) is 40.6 Å². The first kappa shape index (κ1) is 19.6. The molecule has 0 heterocycles. The van der Waals surface area contributed by atoms with Crippen molar-refractivity contribution in [1.29, 1.82) is 0 Å². The zero-order chi connectivity index (χ0) is 17.3. The maximum atomic E-state index is 11.6. The van der Waals surface area contributed by atoms with Crippen LogP contribution in [0.1, 0.15) is 45.6 Å². The second-order valence-corrected chi connectivity index (χ2v) is 6.66. The van der Waals surface area contributed by atoms with Gasteiger partial charge in [0.2, 0.25) is 0 Å². The molecule has 0 fully saturated rings. The van der Waals surface area contributed by atoms with Gasteiger partial charge in [-0.15, -0.1) is 0 Å². The molecule has 23 heavy (non-hydrogen) atoms. The number of aliphatic hydroxyl groups excluding tert-OH is 2. The van der Waals surface area contributed by atoms with Gasteiger partial charge in [0.15, 0.2) is 0 Å². The molecule has 0 saturated carbocycles. The highest BCUT2D eigenvalue weighted by molar-refractivity contribution is 5.70. The smallest absolute Gasteiger partial charge is 0.308 e. The highest BCUT2D eigenvalue weighted by Crippen LogP contribution is 2.12. The summed E-state index contributed by atoms with van der Waals surface area (Å²) in [7, 11) is 0. The van der Waals surface area contributed by atoms with Crippen LogP contribution in [0, 0.1) is 0 Å². The van der Waals surface area contributed by atoms with Crippen molar-refractivity contribution in [3.05, 3.63) is 35.9 Å². The van der Waals surface area contributed by atoms with E-state index in [1.807, 2.05) is 30.3 Å². The predicted octanol–water partition coefficient (Wildman–Crippen LogP) is 2.44. The highest BCUT2D eigenvalue weighted by Gasteiger charge is 2.21. The molecule has 0 aliphatic rings. The molecule has 0 amide bonds. The Labute approximate surface area is 138 Å². The number of hydrogen-bond acceptors (Lipinski definition) is 5. The van der Waals surface area contributed by atoms with Crippen LogP contribution in [0.4, 0.5) is 0 Å². The van der Waals surface area contributed by atoms with Gasteiger partial charge in [0.1, 0.15) is 5.60 Å². The SMILES string of the molecule is CC(C)(C)OC(=O)C[C@H](O)CC(O)CCOCc1ccccc1. The van der Waals surface area contributed by atoms with Crippen LogP contribution in [0.2, 0.25) is 0 Å². The number of rotatable bonds is 9. The van der Waals surface area contributed by atoms with E-state index >= 15 is 0 Å². The monoisotopic (exact) mass is 324 g/mol. The Morgan fingerprint density at radius 3 is 2.39 bits per heavy atom. The van der Waals surface area contributed by atoms with Gasteiger partial charge in [0.05, 0.1) is 25.2 Å². The summed E-state index contributed by atoms with van der Waals surface area (Å²) >= 11 is 0. The van der Waals surface area contributed by atoms with E-state index in [0.717, 1.165) is 5.56 Å². The second kappa shape index (κ2) is 9.65. The first-order valence-corrected chi connectivity index (χ1v) is 7.96. The lowest BCUT2D eigenvalue weighted by Gasteiger charge is -2.21. The topological polar surface area (TPSA) is 76.0 Å². The summed E-state index contributed by atoms with van der Waals surface area (Å²) in [6, 6.07) is 9.78. The Bertz CT molecular complexity index is 452. The Kier molecular flexibility index (Phi) is 8.23. The Balaban J connectivity index is 2.15. The van der Waals surface area contributed by atoms with Crippen LogP contribution in [0.3, 0.4) is 0 Å². The molecule has 1 rings (SSSR count). The van der Waals surface area contributed by atoms with Crippen molar-refractivity contribution in [3.63, 3.8) is 0 Å². The quantitative estimate of drug-likeness (QED) is 0.539. The number of ether oxygens (including phenoxy) is 2.